The minimum atomic E-state index is -0.540. The summed E-state index contributed by atoms with van der Waals surface area (Å²) in [6, 6.07) is 0. The molecule has 3 unspecified atom stereocenters. The van der Waals surface area contributed by atoms with Crippen LogP contribution in [0.4, 0.5) is 0 Å². The number of nitrogens with two attached hydrogens (primary N) is 1. The van der Waals surface area contributed by atoms with Crippen molar-refractivity contribution in [1.29, 1.82) is 0 Å². The van der Waals surface area contributed by atoms with Crippen LogP contribution in [0.1, 0.15) is 407 Å². The molecule has 2 radical (unpaired) electrons. The molecule has 8 nitrogen and oxygen atoms in total. The molecule has 0 bridgehead atoms. The topological polar surface area (TPSA) is 125 Å². The van der Waals surface area contributed by atoms with Gasteiger partial charge in [0.15, 0.2) is 0 Å². The molecule has 0 amide bonds. The van der Waals surface area contributed by atoms with Gasteiger partial charge in [-0.1, -0.05) is 216 Å². The number of ether oxygens (including phenoxy) is 3. The fraction of sp³-hybridized carbons (Fsp3) is 0.853. The van der Waals surface area contributed by atoms with E-state index in [0.717, 1.165) is 67.6 Å². The molecule has 0 aliphatic heterocycles. The molecule has 6 fully saturated rings. The van der Waals surface area contributed by atoms with Crippen LogP contribution >= 0.6 is 12.4 Å². The zero-order valence-corrected chi connectivity index (χ0v) is 76.8. The molecule has 113 heavy (non-hydrogen) atoms. The summed E-state index contributed by atoms with van der Waals surface area (Å²) in [5.74, 6) is 5.72. The predicted octanol–water partition coefficient (Wildman–Crippen LogP) is 26.7. The number of halogens is 1. The summed E-state index contributed by atoms with van der Waals surface area (Å²) in [6.07, 6.45) is 44.7. The van der Waals surface area contributed by atoms with Crippen LogP contribution in [0.3, 0.4) is 0 Å². The second-order valence-electron chi connectivity index (χ2n) is 44.9. The zero-order chi connectivity index (χ0) is 81.9. The Hall–Kier alpha value is -2.81. The summed E-state index contributed by atoms with van der Waals surface area (Å²) in [5, 5.41) is 10.8. The van der Waals surface area contributed by atoms with Gasteiger partial charge in [-0.05, 0) is 362 Å². The first-order chi connectivity index (χ1) is 51.0. The number of fused-ring (bicyclic) bond motifs is 12. The Morgan fingerprint density at radius 1 is 0.434 bits per heavy atom. The van der Waals surface area contributed by atoms with E-state index in [0.29, 0.717) is 55.7 Å². The Bertz CT molecular complexity index is 3500. The maximum absolute atomic E-state index is 12.9. The van der Waals surface area contributed by atoms with Gasteiger partial charge in [-0.2, -0.15) is 7.74 Å². The van der Waals surface area contributed by atoms with E-state index in [1.807, 2.05) is 48.6 Å². The maximum Gasteiger partial charge on any atom is 0.319 e. The van der Waals surface area contributed by atoms with Gasteiger partial charge in [-0.15, -0.1) is 12.4 Å². The third-order valence-electron chi connectivity index (χ3n) is 36.6. The van der Waals surface area contributed by atoms with E-state index in [1.165, 1.54) is 177 Å². The molecule has 12 aliphatic carbocycles. The van der Waals surface area contributed by atoms with Gasteiger partial charge in [0.05, 0.1) is 25.5 Å². The Balaban J connectivity index is 0.000000260. The zero-order valence-electron chi connectivity index (χ0n) is 76.0. The maximum atomic E-state index is 12.9. The van der Waals surface area contributed by atoms with Gasteiger partial charge in [0.2, 0.25) is 0 Å². The second-order valence-corrected chi connectivity index (χ2v) is 44.9. The van der Waals surface area contributed by atoms with Crippen molar-refractivity contribution in [3.05, 3.63) is 68.4 Å². The molecule has 6 saturated carbocycles. The Morgan fingerprint density at radius 2 is 0.726 bits per heavy atom. The molecule has 0 spiro atoms. The van der Waals surface area contributed by atoms with Crippen LogP contribution < -0.4 is 5.73 Å². The molecule has 11 heteroatoms. The quantitative estimate of drug-likeness (QED) is 0.0602. The molecular formula is C102H177B2ClNO7-. The molecule has 0 aromatic carbocycles. The van der Waals surface area contributed by atoms with Gasteiger partial charge >= 0.3 is 17.9 Å². The van der Waals surface area contributed by atoms with E-state index < -0.39 is 5.60 Å². The van der Waals surface area contributed by atoms with Crippen molar-refractivity contribution < 1.29 is 33.7 Å². The number of carbonyl (C=O) groups is 3. The first kappa shape index (κ1) is 99.0. The second kappa shape index (κ2) is 36.9. The van der Waals surface area contributed by atoms with Crippen LogP contribution in [-0.2, 0) is 28.6 Å². The lowest BCUT2D eigenvalue weighted by molar-refractivity contribution is -0.172. The van der Waals surface area contributed by atoms with E-state index in [-0.39, 0.29) is 118 Å². The summed E-state index contributed by atoms with van der Waals surface area (Å²) in [5.41, 5.74) is 23.3. The van der Waals surface area contributed by atoms with E-state index >= 15 is 0 Å². The third kappa shape index (κ3) is 18.1. The average molecular weight is 1590 g/mol. The number of aliphatic hydroxyl groups excluding tert-OH is 1. The minimum Gasteiger partial charge on any atom is -0.462 e. The molecule has 0 saturated heterocycles. The van der Waals surface area contributed by atoms with Crippen LogP contribution in [0.25, 0.3) is 0 Å². The first-order valence-corrected chi connectivity index (χ1v) is 45.1. The molecule has 0 aromatic heterocycles. The van der Waals surface area contributed by atoms with E-state index in [9.17, 15) is 19.5 Å². The molecule has 0 aromatic rings. The largest absolute Gasteiger partial charge is 0.462 e. The monoisotopic (exact) mass is 1590 g/mol. The van der Waals surface area contributed by atoms with Crippen molar-refractivity contribution in [2.24, 2.45) is 124 Å². The fourth-order valence-corrected chi connectivity index (χ4v) is 29.8. The van der Waals surface area contributed by atoms with Gasteiger partial charge < -0.3 is 25.1 Å². The van der Waals surface area contributed by atoms with Crippen molar-refractivity contribution >= 4 is 45.8 Å². The molecular weight excluding hydrogens is 1410 g/mol. The fourth-order valence-electron chi connectivity index (χ4n) is 29.8. The van der Waals surface area contributed by atoms with Crippen LogP contribution in [0.15, 0.2) is 68.4 Å². The molecule has 21 atom stereocenters. The van der Waals surface area contributed by atoms with Crippen molar-refractivity contribution in [2.45, 2.75) is 431 Å². The lowest BCUT2D eigenvalue weighted by Crippen LogP contribution is -2.56. The molecule has 12 aliphatic rings. The predicted molar refractivity (Wildman–Crippen MR) is 487 cm³/mol. The van der Waals surface area contributed by atoms with Gasteiger partial charge in [-0.25, -0.2) is 0 Å². The summed E-state index contributed by atoms with van der Waals surface area (Å²) < 4.78 is 17.4. The molecule has 12 rings (SSSR count). The number of aliphatic hydroxyl groups is 1. The highest BCUT2D eigenvalue weighted by molar-refractivity contribution is 6.75. The van der Waals surface area contributed by atoms with E-state index in [1.54, 1.807) is 5.57 Å². The van der Waals surface area contributed by atoms with Crippen molar-refractivity contribution in [3.63, 3.8) is 0 Å². The summed E-state index contributed by atoms with van der Waals surface area (Å²) in [7, 11) is 5.00. The molecule has 0 heterocycles. The van der Waals surface area contributed by atoms with Gasteiger partial charge in [0.25, 0.3) is 0 Å². The van der Waals surface area contributed by atoms with E-state index in [4.69, 9.17) is 27.7 Å². The number of hydrogen-bond donors (Lipinski definition) is 2. The molecule has 646 valence electrons. The van der Waals surface area contributed by atoms with Crippen LogP contribution in [-0.4, -0.2) is 68.9 Å². The smallest absolute Gasteiger partial charge is 0.319 e. The third-order valence-corrected chi connectivity index (χ3v) is 36.6. The summed E-state index contributed by atoms with van der Waals surface area (Å²) >= 11 is 0. The number of carbonyl (C=O) groups excluding carboxylic acids is 3. The lowest BCUT2D eigenvalue weighted by atomic mass is 9.43. The van der Waals surface area contributed by atoms with Crippen LogP contribution in [0.5, 0.6) is 0 Å². The first-order valence-electron chi connectivity index (χ1n) is 45.1. The number of esters is 3. The Labute approximate surface area is 705 Å². The summed E-state index contributed by atoms with van der Waals surface area (Å²) in [6.45, 7) is 64.2. The highest BCUT2D eigenvalue weighted by Gasteiger charge is 2.68. The Morgan fingerprint density at radius 3 is 1.03 bits per heavy atom. The Kier molecular flexibility index (Phi) is 32.3. The van der Waals surface area contributed by atoms with E-state index in [2.05, 4.69) is 184 Å². The highest BCUT2D eigenvalue weighted by atomic mass is 35.5. The van der Waals surface area contributed by atoms with Gasteiger partial charge in [0.1, 0.15) is 17.8 Å². The van der Waals surface area contributed by atoms with Crippen molar-refractivity contribution in [1.82, 2.24) is 0 Å². The van der Waals surface area contributed by atoms with Crippen molar-refractivity contribution in [3.8, 4) is 0 Å². The SMILES string of the molecule is C.C.CC(C)=CCC[C@@H](C)[C@H]1CC[C@@]2(C)C3=C(CC[C@]12C)[C@@]1(C)CC[C@H](O)C(C)(C)C1CC3.CC(C)=CCC[C@@H](C)[C@H]1CC[C@@]2(C)C3=C(CC[C@]12C)[C@@]1(C)CC[C@H](OC(=O)CCC(=O)OC(C)(C)C)C(C)(C)C1CC3.CC(C)=CCC[C@@H](C)[C@H]1CC[C@@]2(C)C3=C(CC[C@]12C)[C@@]1(C)CC[C@H](OC(=O)CN)C(C)(C)C1CC3.Cl.[B][BH3-]. The van der Waals surface area contributed by atoms with Crippen LogP contribution in [0, 0.1) is 118 Å². The molecule has 3 N–H and O–H groups in total. The lowest BCUT2D eigenvalue weighted by Gasteiger charge is -2.62. The minimum absolute atomic E-state index is 0. The number of allylic oxidation sites excluding steroid dienone is 12. The van der Waals surface area contributed by atoms with Gasteiger partial charge in [0, 0.05) is 10.8 Å². The van der Waals surface area contributed by atoms with Crippen molar-refractivity contribution in [2.75, 3.05) is 6.54 Å². The van der Waals surface area contributed by atoms with Gasteiger partial charge in [-0.3, -0.25) is 14.4 Å². The summed E-state index contributed by atoms with van der Waals surface area (Å²) in [4.78, 5) is 37.1. The number of rotatable bonds is 18. The average Bonchev–Trinajstić information content (AvgIpc) is 1.66. The highest BCUT2D eigenvalue weighted by Crippen LogP contribution is 2.77. The number of hydrogen-bond acceptors (Lipinski definition) is 8. The normalized spacial score (nSPS) is 38.5. The standard InChI is InChI=1S/C38H62O4.C32H53NO2.C30H50O.2CH4.B2H3.ClH/c1-25(2)13-12-14-26(3)27-19-23-38(11)29-15-16-30-35(7,8)31(41-32(39)17-18-33(40)42-34(4,5)6)21-22-36(30,9)28(29)20-24-37(27,38)10;1-21(2)10-9-11-22(3)23-14-18-32(8)25-12-13-26-29(4,5)27(35-28(34)20-33)16-17-30(26,6)24(25)15-19-31(23,32)7;1-20(2)10-9-11-21(3)22-14-18-30(8)24-12-13-25-27(4,5)26(31)16-17-28(25,6)23(24)15-19-29(22,30)7;;;1-2;/h13,26-27,30-31H,12,14-24H2,1-11H3;10,22-23,26-27H,9,11-20,33H2,1-8H3;10,21-22,25-26,31H,9,11-19H2,1-8H3;2*1H4;1H3;1H/q;;;;;-1;/t26-,27-,30?,31+,36-,37-,38+;22-,23-,26?,27+,30-,31-,32+;21-,22-,25?,26+,28-,29-,30+;;;;/m111..../s1. The van der Waals surface area contributed by atoms with Crippen LogP contribution in [0.2, 0.25) is 0 Å².